The van der Waals surface area contributed by atoms with Crippen molar-refractivity contribution in [1.29, 1.82) is 0 Å². The molecule has 0 nitrogen and oxygen atoms in total. The van der Waals surface area contributed by atoms with Crippen molar-refractivity contribution < 1.29 is 0 Å². The summed E-state index contributed by atoms with van der Waals surface area (Å²) in [5.74, 6) is 0.910. The summed E-state index contributed by atoms with van der Waals surface area (Å²) in [6.07, 6.45) is 5.53. The van der Waals surface area contributed by atoms with E-state index in [4.69, 9.17) is 0 Å². The van der Waals surface area contributed by atoms with E-state index in [1.807, 2.05) is 0 Å². The van der Waals surface area contributed by atoms with E-state index in [2.05, 4.69) is 47.7 Å². The molecule has 0 amide bonds. The van der Waals surface area contributed by atoms with Crippen molar-refractivity contribution in [1.82, 2.24) is 0 Å². The third-order valence-electron chi connectivity index (χ3n) is 4.25. The van der Waals surface area contributed by atoms with Crippen molar-refractivity contribution in [3.05, 3.63) is 0 Å². The summed E-state index contributed by atoms with van der Waals surface area (Å²) in [6.45, 7) is 15.9. The summed E-state index contributed by atoms with van der Waals surface area (Å²) in [6, 6.07) is 0. The third-order valence-corrected chi connectivity index (χ3v) is 9.73. The van der Waals surface area contributed by atoms with Gasteiger partial charge in [-0.1, -0.05) is 0 Å². The first-order chi connectivity index (χ1) is 6.26. The molecule has 0 aromatic carbocycles. The van der Waals surface area contributed by atoms with Gasteiger partial charge in [0.05, 0.1) is 0 Å². The SMILES string of the molecule is CCCC(C(C)CC)P(C)(C)(C)CC. The number of hydrogen-bond donors (Lipinski definition) is 0. The molecule has 0 saturated heterocycles. The van der Waals surface area contributed by atoms with E-state index < -0.39 is 6.60 Å². The molecule has 2 atom stereocenters. The van der Waals surface area contributed by atoms with E-state index in [1.165, 1.54) is 25.4 Å². The van der Waals surface area contributed by atoms with Crippen LogP contribution in [0.5, 0.6) is 0 Å². The summed E-state index contributed by atoms with van der Waals surface area (Å²) < 4.78 is 0. The van der Waals surface area contributed by atoms with Crippen molar-refractivity contribution in [2.75, 3.05) is 26.2 Å². The summed E-state index contributed by atoms with van der Waals surface area (Å²) in [5.41, 5.74) is 0.987. The second kappa shape index (κ2) is 4.97. The third kappa shape index (κ3) is 3.54. The normalized spacial score (nSPS) is 19.8. The molecule has 0 heterocycles. The second-order valence-electron chi connectivity index (χ2n) is 6.31. The van der Waals surface area contributed by atoms with E-state index in [9.17, 15) is 0 Å². The van der Waals surface area contributed by atoms with Crippen LogP contribution < -0.4 is 0 Å². The molecule has 0 N–H and O–H groups in total. The Balaban J connectivity index is 4.80. The standard InChI is InChI=1S/C13H31P/c1-8-11-13(12(4)9-2)14(5,6,7)10-3/h12-13H,8-11H2,1-7H3. The fraction of sp³-hybridized carbons (Fsp3) is 1.00. The van der Waals surface area contributed by atoms with Crippen molar-refractivity contribution >= 4 is 6.60 Å². The van der Waals surface area contributed by atoms with Crippen LogP contribution in [0.15, 0.2) is 0 Å². The van der Waals surface area contributed by atoms with Crippen molar-refractivity contribution in [3.8, 4) is 0 Å². The molecular weight excluding hydrogens is 187 g/mol. The van der Waals surface area contributed by atoms with Crippen molar-refractivity contribution in [2.45, 2.75) is 52.6 Å². The molecule has 0 saturated carbocycles. The van der Waals surface area contributed by atoms with Gasteiger partial charge in [-0.05, 0) is 0 Å². The van der Waals surface area contributed by atoms with Gasteiger partial charge in [-0.2, -0.15) is 0 Å². The quantitative estimate of drug-likeness (QED) is 0.569. The van der Waals surface area contributed by atoms with Gasteiger partial charge in [-0.3, -0.25) is 0 Å². The van der Waals surface area contributed by atoms with Gasteiger partial charge in [0.1, 0.15) is 0 Å². The maximum absolute atomic E-state index is 2.58. The number of rotatable bonds is 6. The van der Waals surface area contributed by atoms with Crippen LogP contribution in [-0.4, -0.2) is 31.8 Å². The van der Waals surface area contributed by atoms with Crippen LogP contribution in [0.2, 0.25) is 0 Å². The van der Waals surface area contributed by atoms with Crippen molar-refractivity contribution in [2.24, 2.45) is 5.92 Å². The molecule has 0 spiro atoms. The molecule has 0 aliphatic heterocycles. The Morgan fingerprint density at radius 3 is 1.79 bits per heavy atom. The molecule has 0 aromatic heterocycles. The molecule has 0 radical (unpaired) electrons. The Bertz CT molecular complexity index is 164. The average molecular weight is 218 g/mol. The van der Waals surface area contributed by atoms with Crippen LogP contribution in [-0.2, 0) is 0 Å². The zero-order chi connectivity index (χ0) is 11.4. The Hall–Kier alpha value is 0.430. The summed E-state index contributed by atoms with van der Waals surface area (Å²) in [4.78, 5) is 0. The van der Waals surface area contributed by atoms with Gasteiger partial charge >= 0.3 is 91.3 Å². The van der Waals surface area contributed by atoms with Gasteiger partial charge in [0.2, 0.25) is 0 Å². The monoisotopic (exact) mass is 218 g/mol. The van der Waals surface area contributed by atoms with Gasteiger partial charge < -0.3 is 0 Å². The van der Waals surface area contributed by atoms with Gasteiger partial charge in [0.15, 0.2) is 0 Å². The molecule has 0 fully saturated rings. The first kappa shape index (κ1) is 14.4. The second-order valence-corrected chi connectivity index (χ2v) is 14.1. The van der Waals surface area contributed by atoms with Gasteiger partial charge in [-0.15, -0.1) is 0 Å². The first-order valence-corrected chi connectivity index (χ1v) is 10.1. The Kier molecular flexibility index (Phi) is 5.12. The van der Waals surface area contributed by atoms with E-state index in [0.717, 1.165) is 11.6 Å². The first-order valence-electron chi connectivity index (χ1n) is 6.26. The molecule has 14 heavy (non-hydrogen) atoms. The molecule has 0 bridgehead atoms. The predicted octanol–water partition coefficient (Wildman–Crippen LogP) is 4.66. The summed E-state index contributed by atoms with van der Waals surface area (Å²) in [5, 5.41) is 0. The zero-order valence-electron chi connectivity index (χ0n) is 11.4. The van der Waals surface area contributed by atoms with Gasteiger partial charge in [0.25, 0.3) is 0 Å². The average Bonchev–Trinajstić information content (AvgIpc) is 2.12. The fourth-order valence-corrected chi connectivity index (χ4v) is 6.29. The van der Waals surface area contributed by atoms with Crippen LogP contribution >= 0.6 is 6.60 Å². The predicted molar refractivity (Wildman–Crippen MR) is 73.4 cm³/mol. The number of hydrogen-bond acceptors (Lipinski definition) is 0. The summed E-state index contributed by atoms with van der Waals surface area (Å²) >= 11 is 0. The van der Waals surface area contributed by atoms with E-state index in [1.54, 1.807) is 0 Å². The van der Waals surface area contributed by atoms with Crippen LogP contribution in [0.4, 0.5) is 0 Å². The van der Waals surface area contributed by atoms with Crippen LogP contribution in [0.3, 0.4) is 0 Å². The van der Waals surface area contributed by atoms with Crippen LogP contribution in [0.25, 0.3) is 0 Å². The molecule has 0 aromatic rings. The fourth-order valence-electron chi connectivity index (χ4n) is 2.51. The Morgan fingerprint density at radius 1 is 1.00 bits per heavy atom. The molecule has 2 unspecified atom stereocenters. The maximum atomic E-state index is 2.58. The van der Waals surface area contributed by atoms with Crippen molar-refractivity contribution in [3.63, 3.8) is 0 Å². The zero-order valence-corrected chi connectivity index (χ0v) is 12.3. The van der Waals surface area contributed by atoms with Gasteiger partial charge in [-0.25, -0.2) is 0 Å². The van der Waals surface area contributed by atoms with Gasteiger partial charge in [0, 0.05) is 0 Å². The minimum atomic E-state index is -1.38. The van der Waals surface area contributed by atoms with E-state index in [-0.39, 0.29) is 0 Å². The van der Waals surface area contributed by atoms with E-state index in [0.29, 0.717) is 0 Å². The molecule has 0 rings (SSSR count). The molecular formula is C13H31P. The van der Waals surface area contributed by atoms with E-state index >= 15 is 0 Å². The topological polar surface area (TPSA) is 0 Å². The Morgan fingerprint density at radius 2 is 1.50 bits per heavy atom. The van der Waals surface area contributed by atoms with Crippen LogP contribution in [0, 0.1) is 5.92 Å². The Labute approximate surface area is 91.8 Å². The molecule has 88 valence electrons. The molecule has 0 aliphatic carbocycles. The molecule has 0 aliphatic rings. The molecule has 1 heteroatoms. The minimum absolute atomic E-state index is 0.910. The summed E-state index contributed by atoms with van der Waals surface area (Å²) in [7, 11) is 0. The van der Waals surface area contributed by atoms with Crippen LogP contribution in [0.1, 0.15) is 47.0 Å².